The van der Waals surface area contributed by atoms with E-state index in [0.29, 0.717) is 59.0 Å². The minimum Gasteiger partial charge on any atom is -0.507 e. The third-order valence-electron chi connectivity index (χ3n) is 5.54. The van der Waals surface area contributed by atoms with Crippen LogP contribution in [0.5, 0.6) is 5.75 Å². The van der Waals surface area contributed by atoms with E-state index in [9.17, 15) is 18.3 Å². The van der Waals surface area contributed by atoms with E-state index < -0.39 is 15.9 Å². The van der Waals surface area contributed by atoms with Crippen molar-refractivity contribution in [3.05, 3.63) is 64.6 Å². The van der Waals surface area contributed by atoms with E-state index in [-0.39, 0.29) is 16.3 Å². The molecule has 4 aromatic rings. The van der Waals surface area contributed by atoms with Gasteiger partial charge in [-0.1, -0.05) is 23.7 Å². The molecule has 2 aromatic carbocycles. The fraction of sp³-hybridized carbons (Fsp3) is 0.174. The number of rotatable bonds is 6. The van der Waals surface area contributed by atoms with Gasteiger partial charge < -0.3 is 9.84 Å². The zero-order valence-corrected chi connectivity index (χ0v) is 21.0. The summed E-state index contributed by atoms with van der Waals surface area (Å²) in [6.07, 6.45) is 0. The predicted octanol–water partition coefficient (Wildman–Crippen LogP) is 3.83. The second-order valence-corrected chi connectivity index (χ2v) is 11.1. The van der Waals surface area contributed by atoms with E-state index in [2.05, 4.69) is 20.5 Å². The molecular weight excluding hydrogens is 526 g/mol. The molecule has 0 unspecified atom stereocenters. The number of H-pyrrole nitrogens is 1. The smallest absolute Gasteiger partial charge is 0.275 e. The average Bonchev–Trinajstić information content (AvgIpc) is 3.56. The fourth-order valence-corrected chi connectivity index (χ4v) is 5.95. The average molecular weight is 546 g/mol. The first-order chi connectivity index (χ1) is 17.3. The molecule has 0 spiro atoms. The molecule has 0 radical (unpaired) electrons. The van der Waals surface area contributed by atoms with E-state index >= 15 is 0 Å². The molecule has 2 aromatic heterocycles. The number of amides is 1. The number of halogens is 1. The van der Waals surface area contributed by atoms with E-state index in [1.54, 1.807) is 41.8 Å². The van der Waals surface area contributed by atoms with Gasteiger partial charge in [-0.05, 0) is 36.4 Å². The number of nitrogens with one attached hydrogen (secondary N) is 2. The number of sulfonamides is 1. The number of nitrogens with zero attached hydrogens (tertiary/aromatic N) is 3. The Bertz CT molecular complexity index is 1510. The summed E-state index contributed by atoms with van der Waals surface area (Å²) in [6.45, 7) is 1.43. The Kier molecular flexibility index (Phi) is 6.77. The van der Waals surface area contributed by atoms with Gasteiger partial charge in [0.05, 0.1) is 29.5 Å². The normalized spacial score (nSPS) is 14.6. The molecule has 1 saturated heterocycles. The van der Waals surface area contributed by atoms with Gasteiger partial charge in [-0.3, -0.25) is 15.2 Å². The molecule has 36 heavy (non-hydrogen) atoms. The van der Waals surface area contributed by atoms with Crippen LogP contribution in [0, 0.1) is 0 Å². The number of hydrogen-bond acceptors (Lipinski definition) is 8. The van der Waals surface area contributed by atoms with Crippen LogP contribution in [0.2, 0.25) is 5.02 Å². The number of aromatic nitrogens is 3. The van der Waals surface area contributed by atoms with Crippen LogP contribution in [-0.2, 0) is 14.8 Å². The summed E-state index contributed by atoms with van der Waals surface area (Å²) in [4.78, 5) is 17.3. The highest BCUT2D eigenvalue weighted by molar-refractivity contribution is 7.89. The second kappa shape index (κ2) is 9.99. The lowest BCUT2D eigenvalue weighted by atomic mass is 10.1. The number of aromatic amines is 1. The first kappa shape index (κ1) is 24.4. The number of benzene rings is 2. The van der Waals surface area contributed by atoms with Gasteiger partial charge in [0.1, 0.15) is 11.4 Å². The van der Waals surface area contributed by atoms with Crippen LogP contribution in [-0.4, -0.2) is 65.2 Å². The van der Waals surface area contributed by atoms with Gasteiger partial charge in [0.15, 0.2) is 5.13 Å². The number of aromatic hydroxyl groups is 1. The third-order valence-corrected chi connectivity index (χ3v) is 8.45. The standard InChI is InChI=1S/C23H20ClN5O5S2/c24-15-3-6-21(30)17(11-15)18-12-19(28-27-18)22(31)26-23-25-20(13-35-23)14-1-4-16(5-2-14)36(32,33)29-7-9-34-10-8-29/h1-6,11-13,30H,7-10H2,(H,27,28)(H,25,26,31). The quantitative estimate of drug-likeness (QED) is 0.335. The van der Waals surface area contributed by atoms with Crippen LogP contribution in [0.25, 0.3) is 22.5 Å². The molecule has 0 aliphatic carbocycles. The van der Waals surface area contributed by atoms with Crippen molar-refractivity contribution < 1.29 is 23.1 Å². The van der Waals surface area contributed by atoms with E-state index in [4.69, 9.17) is 16.3 Å². The molecule has 3 N–H and O–H groups in total. The van der Waals surface area contributed by atoms with Crippen LogP contribution < -0.4 is 5.32 Å². The molecule has 0 atom stereocenters. The SMILES string of the molecule is O=C(Nc1nc(-c2ccc(S(=O)(=O)N3CCOCC3)cc2)cs1)c1cc(-c2cc(Cl)ccc2O)n[nH]1. The number of carbonyl (C=O) groups excluding carboxylic acids is 1. The van der Waals surface area contributed by atoms with Crippen molar-refractivity contribution >= 4 is 44.0 Å². The Hall–Kier alpha value is -3.29. The highest BCUT2D eigenvalue weighted by Gasteiger charge is 2.26. The lowest BCUT2D eigenvalue weighted by molar-refractivity contribution is 0.0730. The zero-order valence-electron chi connectivity index (χ0n) is 18.6. The van der Waals surface area contributed by atoms with Crippen LogP contribution in [0.1, 0.15) is 10.5 Å². The van der Waals surface area contributed by atoms with E-state index in [0.717, 1.165) is 0 Å². The molecule has 0 saturated carbocycles. The molecule has 0 bridgehead atoms. The summed E-state index contributed by atoms with van der Waals surface area (Å²) in [5.74, 6) is -0.464. The lowest BCUT2D eigenvalue weighted by Crippen LogP contribution is -2.40. The maximum absolute atomic E-state index is 12.8. The maximum atomic E-state index is 12.8. The Labute approximate surface area is 215 Å². The van der Waals surface area contributed by atoms with Gasteiger partial charge in [0, 0.05) is 34.6 Å². The van der Waals surface area contributed by atoms with Crippen LogP contribution in [0.4, 0.5) is 5.13 Å². The minimum atomic E-state index is -3.58. The summed E-state index contributed by atoms with van der Waals surface area (Å²) >= 11 is 7.22. The van der Waals surface area contributed by atoms with Crippen molar-refractivity contribution in [1.82, 2.24) is 19.5 Å². The number of phenolic OH excluding ortho intramolecular Hbond substituents is 1. The topological polar surface area (TPSA) is 138 Å². The van der Waals surface area contributed by atoms with Crippen molar-refractivity contribution in [2.45, 2.75) is 4.90 Å². The van der Waals surface area contributed by atoms with Crippen molar-refractivity contribution in [3.8, 4) is 28.3 Å². The number of thiazole rings is 1. The molecule has 10 nitrogen and oxygen atoms in total. The van der Waals surface area contributed by atoms with E-state index in [1.165, 1.54) is 27.8 Å². The van der Waals surface area contributed by atoms with Gasteiger partial charge in [-0.2, -0.15) is 9.40 Å². The number of morpholine rings is 1. The van der Waals surface area contributed by atoms with Gasteiger partial charge in [0.25, 0.3) is 5.91 Å². The van der Waals surface area contributed by atoms with Gasteiger partial charge >= 0.3 is 0 Å². The monoisotopic (exact) mass is 545 g/mol. The molecule has 5 rings (SSSR count). The molecule has 1 aliphatic heterocycles. The van der Waals surface area contributed by atoms with Crippen molar-refractivity contribution in [3.63, 3.8) is 0 Å². The number of carbonyl (C=O) groups is 1. The number of ether oxygens (including phenoxy) is 1. The van der Waals surface area contributed by atoms with Crippen molar-refractivity contribution in [2.24, 2.45) is 0 Å². The van der Waals surface area contributed by atoms with Gasteiger partial charge in [-0.15, -0.1) is 11.3 Å². The first-order valence-electron chi connectivity index (χ1n) is 10.8. The molecule has 186 valence electrons. The molecule has 1 amide bonds. The van der Waals surface area contributed by atoms with Gasteiger partial charge in [0.2, 0.25) is 10.0 Å². The predicted molar refractivity (Wildman–Crippen MR) is 136 cm³/mol. The molecule has 3 heterocycles. The Morgan fingerprint density at radius 3 is 2.61 bits per heavy atom. The number of hydrogen-bond donors (Lipinski definition) is 3. The molecule has 1 aliphatic rings. The fourth-order valence-electron chi connectivity index (χ4n) is 3.65. The summed E-state index contributed by atoms with van der Waals surface area (Å²) in [5.41, 5.74) is 2.26. The van der Waals surface area contributed by atoms with Crippen molar-refractivity contribution in [2.75, 3.05) is 31.6 Å². The molecule has 1 fully saturated rings. The summed E-state index contributed by atoms with van der Waals surface area (Å²) in [7, 11) is -3.58. The Morgan fingerprint density at radius 2 is 1.86 bits per heavy atom. The Balaban J connectivity index is 1.28. The van der Waals surface area contributed by atoms with Crippen LogP contribution in [0.3, 0.4) is 0 Å². The zero-order chi connectivity index (χ0) is 25.3. The number of phenols is 1. The van der Waals surface area contributed by atoms with Crippen LogP contribution >= 0.6 is 22.9 Å². The summed E-state index contributed by atoms with van der Waals surface area (Å²) < 4.78 is 32.3. The lowest BCUT2D eigenvalue weighted by Gasteiger charge is -2.26. The van der Waals surface area contributed by atoms with Crippen molar-refractivity contribution in [1.29, 1.82) is 0 Å². The summed E-state index contributed by atoms with van der Waals surface area (Å²) in [5, 5.41) is 22.1. The van der Waals surface area contributed by atoms with E-state index in [1.807, 2.05) is 0 Å². The highest BCUT2D eigenvalue weighted by Crippen LogP contribution is 2.31. The Morgan fingerprint density at radius 1 is 1.11 bits per heavy atom. The minimum absolute atomic E-state index is 0.00816. The maximum Gasteiger partial charge on any atom is 0.275 e. The molecular formula is C23H20ClN5O5S2. The highest BCUT2D eigenvalue weighted by atomic mass is 35.5. The largest absolute Gasteiger partial charge is 0.507 e. The van der Waals surface area contributed by atoms with Crippen LogP contribution in [0.15, 0.2) is 58.8 Å². The third kappa shape index (κ3) is 4.99. The molecule has 13 heteroatoms. The van der Waals surface area contributed by atoms with Gasteiger partial charge in [-0.25, -0.2) is 13.4 Å². The summed E-state index contributed by atoms with van der Waals surface area (Å²) in [6, 6.07) is 12.5. The second-order valence-electron chi connectivity index (χ2n) is 7.86. The first-order valence-corrected chi connectivity index (χ1v) is 13.5. The number of anilines is 1.